The molecule has 4 rings (SSSR count). The highest BCUT2D eigenvalue weighted by Crippen LogP contribution is 2.33. The van der Waals surface area contributed by atoms with E-state index in [1.165, 1.54) is 30.9 Å². The standard InChI is InChI=1S/C22H29N5O3S/c23-18-8-9-20-21(15-18)31(28,29)27(22(24)25-20)12-5-13-30-19-7-4-6-17(14-19)16-26-10-2-1-3-11-26/h4,6-9,14-15H,1-3,5,10-13,16,23H2,(H2,24,25). The molecule has 166 valence electrons. The third kappa shape index (κ3) is 4.94. The zero-order valence-electron chi connectivity index (χ0n) is 17.5. The van der Waals surface area contributed by atoms with Crippen molar-refractivity contribution in [3.05, 3.63) is 48.0 Å². The maximum atomic E-state index is 12.9. The zero-order valence-corrected chi connectivity index (χ0v) is 18.4. The van der Waals surface area contributed by atoms with Crippen LogP contribution in [0.2, 0.25) is 0 Å². The summed E-state index contributed by atoms with van der Waals surface area (Å²) in [6, 6.07) is 12.7. The number of piperidine rings is 1. The number of benzene rings is 2. The summed E-state index contributed by atoms with van der Waals surface area (Å²) in [5.41, 5.74) is 13.6. The van der Waals surface area contributed by atoms with E-state index in [2.05, 4.69) is 22.0 Å². The van der Waals surface area contributed by atoms with Gasteiger partial charge in [0.05, 0.1) is 12.3 Å². The van der Waals surface area contributed by atoms with Crippen LogP contribution < -0.4 is 16.2 Å². The Bertz CT molecular complexity index is 1060. The quantitative estimate of drug-likeness (QED) is 0.502. The first-order valence-electron chi connectivity index (χ1n) is 10.6. The predicted molar refractivity (Wildman–Crippen MR) is 122 cm³/mol. The number of fused-ring (bicyclic) bond motifs is 1. The van der Waals surface area contributed by atoms with Crippen molar-refractivity contribution >= 4 is 27.4 Å². The number of aliphatic imine (C=N–C) groups is 1. The number of nitrogen functional groups attached to an aromatic ring is 1. The molecule has 4 N–H and O–H groups in total. The van der Waals surface area contributed by atoms with Crippen molar-refractivity contribution in [3.8, 4) is 5.75 Å². The lowest BCUT2D eigenvalue weighted by molar-refractivity contribution is 0.220. The van der Waals surface area contributed by atoms with Crippen LogP contribution in [0.15, 0.2) is 52.4 Å². The zero-order chi connectivity index (χ0) is 21.8. The third-order valence-electron chi connectivity index (χ3n) is 5.57. The van der Waals surface area contributed by atoms with Crippen molar-refractivity contribution < 1.29 is 13.2 Å². The van der Waals surface area contributed by atoms with Crippen molar-refractivity contribution in [1.29, 1.82) is 0 Å². The second kappa shape index (κ2) is 9.15. The average Bonchev–Trinajstić information content (AvgIpc) is 2.75. The van der Waals surface area contributed by atoms with Gasteiger partial charge < -0.3 is 16.2 Å². The topological polar surface area (TPSA) is 114 Å². The summed E-state index contributed by atoms with van der Waals surface area (Å²) >= 11 is 0. The highest BCUT2D eigenvalue weighted by Gasteiger charge is 2.32. The Labute approximate surface area is 183 Å². The molecule has 0 unspecified atom stereocenters. The summed E-state index contributed by atoms with van der Waals surface area (Å²) in [5, 5.41) is 0. The van der Waals surface area contributed by atoms with Gasteiger partial charge in [0.25, 0.3) is 10.0 Å². The van der Waals surface area contributed by atoms with E-state index < -0.39 is 10.0 Å². The molecule has 9 heteroatoms. The van der Waals surface area contributed by atoms with Crippen LogP contribution in [0.3, 0.4) is 0 Å². The largest absolute Gasteiger partial charge is 0.494 e. The minimum absolute atomic E-state index is 0.0409. The summed E-state index contributed by atoms with van der Waals surface area (Å²) in [6.07, 6.45) is 4.32. The maximum Gasteiger partial charge on any atom is 0.268 e. The monoisotopic (exact) mass is 443 g/mol. The van der Waals surface area contributed by atoms with Gasteiger partial charge in [0.1, 0.15) is 10.6 Å². The molecule has 0 saturated carbocycles. The molecule has 1 saturated heterocycles. The molecule has 2 aromatic carbocycles. The molecule has 0 radical (unpaired) electrons. The lowest BCUT2D eigenvalue weighted by atomic mass is 10.1. The lowest BCUT2D eigenvalue weighted by Crippen LogP contribution is -2.44. The van der Waals surface area contributed by atoms with Crippen LogP contribution in [0.25, 0.3) is 0 Å². The van der Waals surface area contributed by atoms with Crippen LogP contribution in [0.4, 0.5) is 11.4 Å². The summed E-state index contributed by atoms with van der Waals surface area (Å²) in [7, 11) is -3.79. The molecule has 8 nitrogen and oxygen atoms in total. The summed E-state index contributed by atoms with van der Waals surface area (Å²) in [6.45, 7) is 3.77. The molecular formula is C22H29N5O3S. The van der Waals surface area contributed by atoms with Gasteiger partial charge in [-0.3, -0.25) is 4.90 Å². The van der Waals surface area contributed by atoms with Gasteiger partial charge in [-0.2, -0.15) is 0 Å². The molecule has 1 fully saturated rings. The Morgan fingerprint density at radius 3 is 2.65 bits per heavy atom. The second-order valence-electron chi connectivity index (χ2n) is 7.96. The summed E-state index contributed by atoms with van der Waals surface area (Å²) < 4.78 is 32.9. The molecule has 2 heterocycles. The van der Waals surface area contributed by atoms with E-state index in [0.717, 1.165) is 29.7 Å². The van der Waals surface area contributed by atoms with Gasteiger partial charge in [-0.15, -0.1) is 0 Å². The highest BCUT2D eigenvalue weighted by molar-refractivity contribution is 7.90. The van der Waals surface area contributed by atoms with Gasteiger partial charge in [0.15, 0.2) is 0 Å². The fourth-order valence-electron chi connectivity index (χ4n) is 3.99. The molecule has 0 atom stereocenters. The normalized spacial score (nSPS) is 18.3. The molecule has 2 aliphatic heterocycles. The third-order valence-corrected chi connectivity index (χ3v) is 7.40. The molecular weight excluding hydrogens is 414 g/mol. The molecule has 2 aliphatic rings. The molecule has 2 aromatic rings. The number of hydrogen-bond acceptors (Lipinski definition) is 7. The Hall–Kier alpha value is -2.78. The summed E-state index contributed by atoms with van der Waals surface area (Å²) in [5.74, 6) is 0.747. The number of hydrogen-bond donors (Lipinski definition) is 2. The van der Waals surface area contributed by atoms with Gasteiger partial charge in [-0.1, -0.05) is 18.6 Å². The Kier molecular flexibility index (Phi) is 6.33. The lowest BCUT2D eigenvalue weighted by Gasteiger charge is -2.27. The molecule has 0 aromatic heterocycles. The number of nitrogens with two attached hydrogens (primary N) is 2. The fraction of sp³-hybridized carbons (Fsp3) is 0.409. The first kappa shape index (κ1) is 21.5. The fourth-order valence-corrected chi connectivity index (χ4v) is 5.55. The van der Waals surface area contributed by atoms with Crippen molar-refractivity contribution in [2.75, 3.05) is 32.0 Å². The predicted octanol–water partition coefficient (Wildman–Crippen LogP) is 2.67. The first-order valence-corrected chi connectivity index (χ1v) is 12.1. The van der Waals surface area contributed by atoms with Gasteiger partial charge in [0, 0.05) is 25.2 Å². The average molecular weight is 444 g/mol. The number of sulfonamides is 1. The van der Waals surface area contributed by atoms with E-state index in [4.69, 9.17) is 16.2 Å². The van der Waals surface area contributed by atoms with Crippen LogP contribution in [0.5, 0.6) is 5.75 Å². The van der Waals surface area contributed by atoms with E-state index in [-0.39, 0.29) is 17.4 Å². The van der Waals surface area contributed by atoms with Gasteiger partial charge >= 0.3 is 0 Å². The van der Waals surface area contributed by atoms with Crippen LogP contribution in [0, 0.1) is 0 Å². The second-order valence-corrected chi connectivity index (χ2v) is 9.79. The van der Waals surface area contributed by atoms with Crippen LogP contribution in [0.1, 0.15) is 31.2 Å². The Morgan fingerprint density at radius 1 is 1.03 bits per heavy atom. The van der Waals surface area contributed by atoms with Crippen LogP contribution in [-0.4, -0.2) is 49.8 Å². The highest BCUT2D eigenvalue weighted by atomic mass is 32.2. The van der Waals surface area contributed by atoms with Crippen molar-refractivity contribution in [2.24, 2.45) is 10.7 Å². The number of ether oxygens (including phenoxy) is 1. The van der Waals surface area contributed by atoms with E-state index in [1.807, 2.05) is 12.1 Å². The summed E-state index contributed by atoms with van der Waals surface area (Å²) in [4.78, 5) is 6.75. The Balaban J connectivity index is 1.33. The number of nitrogens with zero attached hydrogens (tertiary/aromatic N) is 3. The maximum absolute atomic E-state index is 12.9. The molecule has 0 amide bonds. The van der Waals surface area contributed by atoms with Gasteiger partial charge in [0.2, 0.25) is 5.96 Å². The van der Waals surface area contributed by atoms with Gasteiger partial charge in [-0.05, 0) is 61.8 Å². The smallest absolute Gasteiger partial charge is 0.268 e. The molecule has 0 spiro atoms. The van der Waals surface area contributed by atoms with E-state index in [9.17, 15) is 8.42 Å². The van der Waals surface area contributed by atoms with Crippen molar-refractivity contribution in [3.63, 3.8) is 0 Å². The van der Waals surface area contributed by atoms with Crippen LogP contribution in [-0.2, 0) is 16.6 Å². The number of anilines is 1. The van der Waals surface area contributed by atoms with E-state index in [0.29, 0.717) is 24.4 Å². The molecule has 0 bridgehead atoms. The minimum atomic E-state index is -3.79. The SMILES string of the molecule is NC1=Nc2ccc(N)cc2S(=O)(=O)N1CCCOc1cccc(CN2CCCCC2)c1. The molecule has 0 aliphatic carbocycles. The first-order chi connectivity index (χ1) is 14.9. The number of likely N-dealkylation sites (tertiary alicyclic amines) is 1. The van der Waals surface area contributed by atoms with E-state index >= 15 is 0 Å². The number of guanidine groups is 1. The number of rotatable bonds is 7. The molecule has 31 heavy (non-hydrogen) atoms. The minimum Gasteiger partial charge on any atom is -0.494 e. The van der Waals surface area contributed by atoms with Gasteiger partial charge in [-0.25, -0.2) is 17.7 Å². The van der Waals surface area contributed by atoms with Crippen molar-refractivity contribution in [1.82, 2.24) is 9.21 Å². The Morgan fingerprint density at radius 2 is 1.84 bits per heavy atom. The van der Waals surface area contributed by atoms with E-state index in [1.54, 1.807) is 12.1 Å². The van der Waals surface area contributed by atoms with Crippen LogP contribution >= 0.6 is 0 Å². The van der Waals surface area contributed by atoms with Crippen molar-refractivity contribution in [2.45, 2.75) is 37.1 Å².